The number of rotatable bonds is 3. The molecule has 1 aliphatic rings. The predicted molar refractivity (Wildman–Crippen MR) is 93.8 cm³/mol. The van der Waals surface area contributed by atoms with Gasteiger partial charge in [0.2, 0.25) is 0 Å². The van der Waals surface area contributed by atoms with Crippen LogP contribution in [0.25, 0.3) is 0 Å². The lowest BCUT2D eigenvalue weighted by Gasteiger charge is -2.35. The molecule has 0 bridgehead atoms. The third-order valence-corrected chi connectivity index (χ3v) is 4.27. The zero-order valence-electron chi connectivity index (χ0n) is 14.4. The van der Waals surface area contributed by atoms with Crippen molar-refractivity contribution in [3.8, 4) is 0 Å². The van der Waals surface area contributed by atoms with Gasteiger partial charge in [-0.25, -0.2) is 4.79 Å². The Morgan fingerprint density at radius 1 is 1.39 bits per heavy atom. The van der Waals surface area contributed by atoms with Crippen molar-refractivity contribution in [3.05, 3.63) is 34.9 Å². The van der Waals surface area contributed by atoms with E-state index in [9.17, 15) is 4.79 Å². The number of ether oxygens (including phenoxy) is 1. The molecule has 0 aromatic heterocycles. The summed E-state index contributed by atoms with van der Waals surface area (Å²) in [5.74, 6) is 0. The van der Waals surface area contributed by atoms with Gasteiger partial charge in [-0.15, -0.1) is 0 Å². The fourth-order valence-corrected chi connectivity index (χ4v) is 3.17. The zero-order chi connectivity index (χ0) is 17.0. The van der Waals surface area contributed by atoms with E-state index in [-0.39, 0.29) is 18.2 Å². The Morgan fingerprint density at radius 3 is 2.74 bits per heavy atom. The molecule has 1 saturated heterocycles. The molecule has 1 aromatic rings. The summed E-state index contributed by atoms with van der Waals surface area (Å²) in [5.41, 5.74) is 0.631. The van der Waals surface area contributed by atoms with Crippen LogP contribution in [0.5, 0.6) is 0 Å². The highest BCUT2D eigenvalue weighted by atomic mass is 35.5. The van der Waals surface area contributed by atoms with Gasteiger partial charge in [-0.3, -0.25) is 0 Å². The van der Waals surface area contributed by atoms with Crippen molar-refractivity contribution in [1.82, 2.24) is 10.2 Å². The van der Waals surface area contributed by atoms with Gasteiger partial charge in [0, 0.05) is 30.2 Å². The minimum atomic E-state index is -0.456. The van der Waals surface area contributed by atoms with E-state index in [0.29, 0.717) is 6.54 Å². The molecule has 2 atom stereocenters. The number of hydrogen-bond donors (Lipinski definition) is 1. The van der Waals surface area contributed by atoms with E-state index in [1.165, 1.54) is 0 Å². The van der Waals surface area contributed by atoms with Gasteiger partial charge >= 0.3 is 6.09 Å². The molecular formula is C18H27ClN2O2. The summed E-state index contributed by atoms with van der Waals surface area (Å²) in [6.45, 7) is 9.21. The first kappa shape index (κ1) is 18.1. The second-order valence-electron chi connectivity index (χ2n) is 7.18. The standard InChI is InChI=1S/C18H27ClN2O2/c1-13(15-9-5-6-10-16(15)19)20-14-8-7-11-21(12-14)17(22)23-18(2,3)4/h5-6,9-10,13-14,20H,7-8,11-12H2,1-4H3/t13-,14?/m0/s1. The van der Waals surface area contributed by atoms with Gasteiger partial charge in [-0.2, -0.15) is 0 Å². The minimum absolute atomic E-state index is 0.146. The molecule has 2 rings (SSSR count). The molecule has 0 spiro atoms. The van der Waals surface area contributed by atoms with E-state index < -0.39 is 5.60 Å². The van der Waals surface area contributed by atoms with Gasteiger partial charge in [0.05, 0.1) is 0 Å². The average Bonchev–Trinajstić information content (AvgIpc) is 2.46. The molecule has 1 fully saturated rings. The quantitative estimate of drug-likeness (QED) is 0.888. The van der Waals surface area contributed by atoms with Gasteiger partial charge in [-0.05, 0) is 52.2 Å². The molecule has 0 aliphatic carbocycles. The number of hydrogen-bond acceptors (Lipinski definition) is 3. The Kier molecular flexibility index (Phi) is 5.93. The fourth-order valence-electron chi connectivity index (χ4n) is 2.88. The zero-order valence-corrected chi connectivity index (χ0v) is 15.2. The molecule has 4 nitrogen and oxygen atoms in total. The van der Waals surface area contributed by atoms with Crippen LogP contribution in [-0.4, -0.2) is 35.7 Å². The summed E-state index contributed by atoms with van der Waals surface area (Å²) < 4.78 is 5.47. The first-order valence-corrected chi connectivity index (χ1v) is 8.62. The van der Waals surface area contributed by atoms with Crippen molar-refractivity contribution in [2.24, 2.45) is 0 Å². The number of nitrogens with one attached hydrogen (secondary N) is 1. The van der Waals surface area contributed by atoms with Gasteiger partial charge in [0.15, 0.2) is 0 Å². The Bertz CT molecular complexity index is 542. The van der Waals surface area contributed by atoms with Crippen molar-refractivity contribution in [1.29, 1.82) is 0 Å². The molecule has 1 aromatic carbocycles. The number of halogens is 1. The minimum Gasteiger partial charge on any atom is -0.444 e. The Morgan fingerprint density at radius 2 is 2.09 bits per heavy atom. The Balaban J connectivity index is 1.94. The molecule has 1 aliphatic heterocycles. The van der Waals surface area contributed by atoms with Crippen molar-refractivity contribution >= 4 is 17.7 Å². The highest BCUT2D eigenvalue weighted by Gasteiger charge is 2.28. The van der Waals surface area contributed by atoms with E-state index in [1.54, 1.807) is 4.90 Å². The molecule has 0 radical (unpaired) electrons. The second kappa shape index (κ2) is 7.54. The normalized spacial score (nSPS) is 20.2. The maximum absolute atomic E-state index is 12.2. The van der Waals surface area contributed by atoms with E-state index in [0.717, 1.165) is 30.0 Å². The van der Waals surface area contributed by atoms with Crippen molar-refractivity contribution in [2.75, 3.05) is 13.1 Å². The predicted octanol–water partition coefficient (Wildman–Crippen LogP) is 4.39. The number of carbonyl (C=O) groups is 1. The first-order chi connectivity index (χ1) is 10.8. The number of nitrogens with zero attached hydrogens (tertiary/aromatic N) is 1. The molecule has 1 N–H and O–H groups in total. The summed E-state index contributed by atoms with van der Waals surface area (Å²) in [6, 6.07) is 8.27. The lowest BCUT2D eigenvalue weighted by atomic mass is 10.0. The summed E-state index contributed by atoms with van der Waals surface area (Å²) in [6.07, 6.45) is 1.80. The molecule has 1 heterocycles. The third kappa shape index (κ3) is 5.40. The number of likely N-dealkylation sites (tertiary alicyclic amines) is 1. The number of carbonyl (C=O) groups excluding carboxylic acids is 1. The molecule has 5 heteroatoms. The molecule has 1 unspecified atom stereocenters. The summed E-state index contributed by atoms with van der Waals surface area (Å²) >= 11 is 6.26. The van der Waals surface area contributed by atoms with Gasteiger partial charge in [0.25, 0.3) is 0 Å². The topological polar surface area (TPSA) is 41.6 Å². The number of benzene rings is 1. The summed E-state index contributed by atoms with van der Waals surface area (Å²) in [7, 11) is 0. The number of amides is 1. The highest BCUT2D eigenvalue weighted by molar-refractivity contribution is 6.31. The Labute approximate surface area is 144 Å². The van der Waals surface area contributed by atoms with Crippen molar-refractivity contribution in [2.45, 2.75) is 58.2 Å². The largest absolute Gasteiger partial charge is 0.444 e. The molecule has 128 valence electrons. The molecular weight excluding hydrogens is 312 g/mol. The van der Waals surface area contributed by atoms with Crippen LogP contribution in [0.1, 0.15) is 52.1 Å². The maximum atomic E-state index is 12.2. The highest BCUT2D eigenvalue weighted by Crippen LogP contribution is 2.24. The number of piperidine rings is 1. The average molecular weight is 339 g/mol. The summed E-state index contributed by atoms with van der Waals surface area (Å²) in [4.78, 5) is 14.0. The van der Waals surface area contributed by atoms with Gasteiger partial charge in [-0.1, -0.05) is 29.8 Å². The van der Waals surface area contributed by atoms with Gasteiger partial charge < -0.3 is 15.0 Å². The monoisotopic (exact) mass is 338 g/mol. The van der Waals surface area contributed by atoms with Crippen LogP contribution in [0, 0.1) is 0 Å². The SMILES string of the molecule is C[C@H](NC1CCCN(C(=O)OC(C)(C)C)C1)c1ccccc1Cl. The van der Waals surface area contributed by atoms with Crippen LogP contribution in [0.3, 0.4) is 0 Å². The first-order valence-electron chi connectivity index (χ1n) is 8.24. The smallest absolute Gasteiger partial charge is 0.410 e. The maximum Gasteiger partial charge on any atom is 0.410 e. The fraction of sp³-hybridized carbons (Fsp3) is 0.611. The van der Waals surface area contributed by atoms with Gasteiger partial charge in [0.1, 0.15) is 5.60 Å². The molecule has 0 saturated carbocycles. The van der Waals surface area contributed by atoms with E-state index >= 15 is 0 Å². The van der Waals surface area contributed by atoms with Crippen molar-refractivity contribution in [3.63, 3.8) is 0 Å². The molecule has 23 heavy (non-hydrogen) atoms. The van der Waals surface area contributed by atoms with E-state index in [4.69, 9.17) is 16.3 Å². The van der Waals surface area contributed by atoms with Crippen LogP contribution < -0.4 is 5.32 Å². The summed E-state index contributed by atoms with van der Waals surface area (Å²) in [5, 5.41) is 4.36. The van der Waals surface area contributed by atoms with Crippen LogP contribution in [0.2, 0.25) is 5.02 Å². The van der Waals surface area contributed by atoms with Crippen LogP contribution in [0.4, 0.5) is 4.79 Å². The second-order valence-corrected chi connectivity index (χ2v) is 7.58. The lowest BCUT2D eigenvalue weighted by Crippen LogP contribution is -2.49. The van der Waals surface area contributed by atoms with E-state index in [1.807, 2.05) is 45.0 Å². The van der Waals surface area contributed by atoms with Crippen LogP contribution in [-0.2, 0) is 4.74 Å². The van der Waals surface area contributed by atoms with Crippen molar-refractivity contribution < 1.29 is 9.53 Å². The lowest BCUT2D eigenvalue weighted by molar-refractivity contribution is 0.0184. The van der Waals surface area contributed by atoms with Crippen LogP contribution in [0.15, 0.2) is 24.3 Å². The molecule has 1 amide bonds. The Hall–Kier alpha value is -1.26. The van der Waals surface area contributed by atoms with Crippen LogP contribution >= 0.6 is 11.6 Å². The third-order valence-electron chi connectivity index (χ3n) is 3.93. The van der Waals surface area contributed by atoms with E-state index in [2.05, 4.69) is 12.2 Å².